The zero-order valence-electron chi connectivity index (χ0n) is 10.9. The summed E-state index contributed by atoms with van der Waals surface area (Å²) < 4.78 is 26.6. The molecule has 1 aromatic carbocycles. The highest BCUT2D eigenvalue weighted by Gasteiger charge is 2.22. The fourth-order valence-electron chi connectivity index (χ4n) is 2.22. The minimum Gasteiger partial charge on any atom is -0.349 e. The van der Waals surface area contributed by atoms with Crippen molar-refractivity contribution in [2.24, 2.45) is 0 Å². The van der Waals surface area contributed by atoms with Gasteiger partial charge in [0.05, 0.1) is 5.56 Å². The van der Waals surface area contributed by atoms with Gasteiger partial charge in [-0.2, -0.15) is 0 Å². The van der Waals surface area contributed by atoms with Crippen LogP contribution in [0.3, 0.4) is 0 Å². The van der Waals surface area contributed by atoms with Gasteiger partial charge < -0.3 is 10.6 Å². The molecule has 0 saturated carbocycles. The lowest BCUT2D eigenvalue weighted by Crippen LogP contribution is -2.46. The molecule has 2 N–H and O–H groups in total. The van der Waals surface area contributed by atoms with E-state index in [2.05, 4.69) is 17.6 Å². The number of piperidine rings is 1. The smallest absolute Gasteiger partial charge is 0.252 e. The first-order chi connectivity index (χ1) is 8.97. The largest absolute Gasteiger partial charge is 0.349 e. The predicted molar refractivity (Wildman–Crippen MR) is 84.3 cm³/mol. The summed E-state index contributed by atoms with van der Waals surface area (Å²) >= 11 is 1.84. The van der Waals surface area contributed by atoms with Crippen molar-refractivity contribution in [1.29, 1.82) is 0 Å². The number of benzene rings is 1. The van der Waals surface area contributed by atoms with Crippen LogP contribution in [0.1, 0.15) is 30.1 Å². The van der Waals surface area contributed by atoms with E-state index in [4.69, 9.17) is 0 Å². The van der Waals surface area contributed by atoms with Gasteiger partial charge in [-0.25, -0.2) is 8.78 Å². The van der Waals surface area contributed by atoms with Crippen LogP contribution in [0.5, 0.6) is 0 Å². The van der Waals surface area contributed by atoms with Crippen LogP contribution in [0.4, 0.5) is 8.78 Å². The quantitative estimate of drug-likeness (QED) is 0.575. The Morgan fingerprint density at radius 3 is 2.70 bits per heavy atom. The molecule has 112 valence electrons. The minimum atomic E-state index is -0.996. The molecule has 20 heavy (non-hydrogen) atoms. The third-order valence-corrected chi connectivity index (χ3v) is 4.11. The Labute approximate surface area is 136 Å². The minimum absolute atomic E-state index is 0. The topological polar surface area (TPSA) is 41.1 Å². The van der Waals surface area contributed by atoms with Crippen LogP contribution in [0.2, 0.25) is 0 Å². The zero-order chi connectivity index (χ0) is 14.0. The second-order valence-corrected chi connectivity index (χ2v) is 5.96. The van der Waals surface area contributed by atoms with Crippen LogP contribution in [-0.4, -0.2) is 24.5 Å². The predicted octanol–water partition coefficient (Wildman–Crippen LogP) is 2.86. The van der Waals surface area contributed by atoms with Gasteiger partial charge in [-0.3, -0.25) is 4.79 Å². The molecule has 2 rings (SSSR count). The molecule has 1 saturated heterocycles. The first-order valence-corrected chi connectivity index (χ1v) is 7.24. The third kappa shape index (κ3) is 4.26. The molecule has 1 aliphatic heterocycles. The van der Waals surface area contributed by atoms with Crippen LogP contribution in [0.15, 0.2) is 12.1 Å². The van der Waals surface area contributed by atoms with E-state index in [1.165, 1.54) is 0 Å². The molecule has 3 nitrogen and oxygen atoms in total. The van der Waals surface area contributed by atoms with Crippen molar-refractivity contribution in [3.05, 3.63) is 32.9 Å². The Morgan fingerprint density at radius 1 is 1.40 bits per heavy atom. The molecular formula is C13H16ClF2IN2O. The van der Waals surface area contributed by atoms with E-state index < -0.39 is 11.6 Å². The molecule has 0 aromatic heterocycles. The van der Waals surface area contributed by atoms with Crippen LogP contribution >= 0.6 is 35.0 Å². The van der Waals surface area contributed by atoms with Crippen LogP contribution in [0.25, 0.3) is 0 Å². The summed E-state index contributed by atoms with van der Waals surface area (Å²) in [5.41, 5.74) is 0.186. The molecule has 2 atom stereocenters. The molecule has 0 bridgehead atoms. The Balaban J connectivity index is 0.00000200. The molecule has 1 fully saturated rings. The van der Waals surface area contributed by atoms with Gasteiger partial charge in [0, 0.05) is 15.7 Å². The maximum Gasteiger partial charge on any atom is 0.252 e. The fourth-order valence-corrected chi connectivity index (χ4v) is 2.90. The highest BCUT2D eigenvalue weighted by molar-refractivity contribution is 14.1. The van der Waals surface area contributed by atoms with Gasteiger partial charge >= 0.3 is 0 Å². The van der Waals surface area contributed by atoms with Crippen LogP contribution in [0, 0.1) is 15.2 Å². The van der Waals surface area contributed by atoms with E-state index in [0.29, 0.717) is 9.61 Å². The number of hydrogen-bond donors (Lipinski definition) is 2. The number of amides is 1. The molecule has 7 heteroatoms. The highest BCUT2D eigenvalue weighted by Crippen LogP contribution is 2.18. The number of carbonyl (C=O) groups is 1. The van der Waals surface area contributed by atoms with Gasteiger partial charge in [0.2, 0.25) is 0 Å². The molecule has 1 amide bonds. The highest BCUT2D eigenvalue weighted by atomic mass is 127. The molecule has 1 aliphatic rings. The summed E-state index contributed by atoms with van der Waals surface area (Å²) in [5, 5.41) is 6.17. The van der Waals surface area contributed by atoms with Gasteiger partial charge in [0.25, 0.3) is 5.91 Å². The van der Waals surface area contributed by atoms with E-state index in [1.807, 2.05) is 22.6 Å². The third-order valence-electron chi connectivity index (χ3n) is 3.21. The number of hydrogen-bond acceptors (Lipinski definition) is 2. The molecule has 0 aliphatic carbocycles. The maximum absolute atomic E-state index is 13.2. The molecule has 0 radical (unpaired) electrons. The second-order valence-electron chi connectivity index (χ2n) is 4.80. The summed E-state index contributed by atoms with van der Waals surface area (Å²) in [6.07, 6.45) is 1.68. The van der Waals surface area contributed by atoms with Crippen molar-refractivity contribution >= 4 is 40.9 Å². The normalized spacial score (nSPS) is 22.0. The van der Waals surface area contributed by atoms with Crippen molar-refractivity contribution in [3.8, 4) is 0 Å². The summed E-state index contributed by atoms with van der Waals surface area (Å²) in [6, 6.07) is 2.42. The monoisotopic (exact) mass is 416 g/mol. The zero-order valence-corrected chi connectivity index (χ0v) is 13.9. The van der Waals surface area contributed by atoms with Crippen LogP contribution < -0.4 is 10.6 Å². The second kappa shape index (κ2) is 7.51. The van der Waals surface area contributed by atoms with Crippen molar-refractivity contribution in [1.82, 2.24) is 10.6 Å². The number of nitrogens with one attached hydrogen (secondary N) is 2. The van der Waals surface area contributed by atoms with E-state index >= 15 is 0 Å². The van der Waals surface area contributed by atoms with Gasteiger partial charge in [0.1, 0.15) is 0 Å². The van der Waals surface area contributed by atoms with E-state index in [0.717, 1.165) is 31.5 Å². The average molecular weight is 417 g/mol. The summed E-state index contributed by atoms with van der Waals surface area (Å²) in [4.78, 5) is 12.1. The van der Waals surface area contributed by atoms with E-state index in [1.54, 1.807) is 0 Å². The first-order valence-electron chi connectivity index (χ1n) is 6.16. The SMILES string of the molecule is CC1CC(NC(=O)c2cc(F)c(F)cc2I)CCN1.Cl. The van der Waals surface area contributed by atoms with Crippen molar-refractivity contribution < 1.29 is 13.6 Å². The van der Waals surface area contributed by atoms with Gasteiger partial charge in [-0.1, -0.05) is 0 Å². The maximum atomic E-state index is 13.2. The number of carbonyl (C=O) groups excluding carboxylic acids is 1. The van der Waals surface area contributed by atoms with Crippen molar-refractivity contribution in [3.63, 3.8) is 0 Å². The Hall–Kier alpha value is -0.470. The van der Waals surface area contributed by atoms with Crippen molar-refractivity contribution in [2.45, 2.75) is 31.8 Å². The van der Waals surface area contributed by atoms with Crippen molar-refractivity contribution in [2.75, 3.05) is 6.54 Å². The molecular weight excluding hydrogens is 401 g/mol. The van der Waals surface area contributed by atoms with Crippen LogP contribution in [-0.2, 0) is 0 Å². The first kappa shape index (κ1) is 17.6. The van der Waals surface area contributed by atoms with Gasteiger partial charge in [0.15, 0.2) is 11.6 Å². The summed E-state index contributed by atoms with van der Waals surface area (Å²) in [5.74, 6) is -2.27. The lowest BCUT2D eigenvalue weighted by molar-refractivity contribution is 0.0924. The molecule has 0 spiro atoms. The number of halogens is 4. The summed E-state index contributed by atoms with van der Waals surface area (Å²) in [7, 11) is 0. The molecule has 1 aromatic rings. The van der Waals surface area contributed by atoms with E-state index in [-0.39, 0.29) is 29.9 Å². The Morgan fingerprint density at radius 2 is 2.05 bits per heavy atom. The Bertz CT molecular complexity index is 502. The molecule has 2 unspecified atom stereocenters. The van der Waals surface area contributed by atoms with Gasteiger partial charge in [-0.05, 0) is 61.0 Å². The molecule has 1 heterocycles. The average Bonchev–Trinajstić information content (AvgIpc) is 2.33. The Kier molecular flexibility index (Phi) is 6.60. The summed E-state index contributed by atoms with van der Waals surface area (Å²) in [6.45, 7) is 2.90. The number of rotatable bonds is 2. The lowest BCUT2D eigenvalue weighted by atomic mass is 10.0. The van der Waals surface area contributed by atoms with E-state index in [9.17, 15) is 13.6 Å². The standard InChI is InChI=1S/C13H15F2IN2O.ClH/c1-7-4-8(2-3-17-7)18-13(19)9-5-10(14)11(15)6-12(9)16;/h5-8,17H,2-4H2,1H3,(H,18,19);1H. The van der Waals surface area contributed by atoms with Gasteiger partial charge in [-0.15, -0.1) is 12.4 Å². The lowest BCUT2D eigenvalue weighted by Gasteiger charge is -2.28. The fraction of sp³-hybridized carbons (Fsp3) is 0.462.